The van der Waals surface area contributed by atoms with Gasteiger partial charge in [0.05, 0.1) is 0 Å². The molecule has 5 nitrogen and oxygen atoms in total. The van der Waals surface area contributed by atoms with Gasteiger partial charge in [0.25, 0.3) is 5.89 Å². The third-order valence-electron chi connectivity index (χ3n) is 4.60. The maximum absolute atomic E-state index is 12.5. The smallest absolute Gasteiger partial charge is 0.257 e. The normalized spacial score (nSPS) is 17.3. The van der Waals surface area contributed by atoms with Gasteiger partial charge in [-0.1, -0.05) is 41.1 Å². The number of amides is 1. The van der Waals surface area contributed by atoms with E-state index in [2.05, 4.69) is 10.1 Å². The molecule has 2 aromatic carbocycles. The number of hydrogen-bond acceptors (Lipinski definition) is 4. The summed E-state index contributed by atoms with van der Waals surface area (Å²) in [6, 6.07) is 15.9. The molecule has 1 unspecified atom stereocenters. The van der Waals surface area contributed by atoms with Gasteiger partial charge in [0.1, 0.15) is 0 Å². The van der Waals surface area contributed by atoms with Gasteiger partial charge in [0, 0.05) is 30.1 Å². The Morgan fingerprint density at radius 3 is 2.76 bits per heavy atom. The van der Waals surface area contributed by atoms with E-state index in [0.29, 0.717) is 24.7 Å². The van der Waals surface area contributed by atoms with E-state index in [4.69, 9.17) is 4.52 Å². The Kier molecular flexibility index (Phi) is 3.84. The largest absolute Gasteiger partial charge is 0.334 e. The van der Waals surface area contributed by atoms with E-state index in [0.717, 1.165) is 22.4 Å². The van der Waals surface area contributed by atoms with E-state index in [1.807, 2.05) is 67.3 Å². The third-order valence-corrected chi connectivity index (χ3v) is 4.60. The summed E-state index contributed by atoms with van der Waals surface area (Å²) in [4.78, 5) is 18.8. The van der Waals surface area contributed by atoms with Gasteiger partial charge in [0.15, 0.2) is 5.82 Å². The van der Waals surface area contributed by atoms with E-state index in [-0.39, 0.29) is 11.8 Å². The van der Waals surface area contributed by atoms with Crippen molar-refractivity contribution in [2.45, 2.75) is 26.2 Å². The van der Waals surface area contributed by atoms with Crippen molar-refractivity contribution >= 4 is 11.6 Å². The number of carbonyl (C=O) groups excluding carboxylic acids is 1. The highest BCUT2D eigenvalue weighted by Crippen LogP contribution is 2.32. The van der Waals surface area contributed by atoms with Crippen molar-refractivity contribution in [3.05, 3.63) is 65.5 Å². The topological polar surface area (TPSA) is 59.2 Å². The lowest BCUT2D eigenvalue weighted by Crippen LogP contribution is -2.25. The highest BCUT2D eigenvalue weighted by Gasteiger charge is 2.35. The van der Waals surface area contributed by atoms with Crippen molar-refractivity contribution in [2.75, 3.05) is 11.4 Å². The molecule has 1 atom stereocenters. The number of nitrogens with zero attached hydrogens (tertiary/aromatic N) is 3. The highest BCUT2D eigenvalue weighted by molar-refractivity contribution is 5.97. The van der Waals surface area contributed by atoms with Crippen LogP contribution in [0.3, 0.4) is 0 Å². The molecule has 5 heteroatoms. The second-order valence-corrected chi connectivity index (χ2v) is 6.52. The Hall–Kier alpha value is -2.95. The van der Waals surface area contributed by atoms with Crippen LogP contribution in [0.5, 0.6) is 0 Å². The molecule has 0 aliphatic carbocycles. The van der Waals surface area contributed by atoms with Crippen LogP contribution in [0, 0.1) is 13.8 Å². The Morgan fingerprint density at radius 2 is 1.96 bits per heavy atom. The van der Waals surface area contributed by atoms with Crippen molar-refractivity contribution in [1.82, 2.24) is 10.1 Å². The molecular formula is C20H19N3O2. The first-order valence-corrected chi connectivity index (χ1v) is 8.38. The van der Waals surface area contributed by atoms with E-state index in [1.165, 1.54) is 0 Å². The number of hydrogen-bond donors (Lipinski definition) is 0. The third kappa shape index (κ3) is 2.93. The fourth-order valence-corrected chi connectivity index (χ4v) is 3.28. The van der Waals surface area contributed by atoms with Gasteiger partial charge >= 0.3 is 0 Å². The van der Waals surface area contributed by atoms with E-state index in [9.17, 15) is 4.79 Å². The van der Waals surface area contributed by atoms with Crippen LogP contribution < -0.4 is 4.90 Å². The minimum absolute atomic E-state index is 0.0468. The Balaban J connectivity index is 1.58. The summed E-state index contributed by atoms with van der Waals surface area (Å²) >= 11 is 0. The van der Waals surface area contributed by atoms with E-state index in [1.54, 1.807) is 0 Å². The van der Waals surface area contributed by atoms with Gasteiger partial charge in [-0.2, -0.15) is 4.98 Å². The monoisotopic (exact) mass is 333 g/mol. The molecule has 25 heavy (non-hydrogen) atoms. The summed E-state index contributed by atoms with van der Waals surface area (Å²) < 4.78 is 5.43. The molecule has 0 bridgehead atoms. The summed E-state index contributed by atoms with van der Waals surface area (Å²) in [5.41, 5.74) is 4.08. The van der Waals surface area contributed by atoms with E-state index >= 15 is 0 Å². The summed E-state index contributed by atoms with van der Waals surface area (Å²) in [7, 11) is 0. The molecule has 1 saturated heterocycles. The zero-order chi connectivity index (χ0) is 17.4. The van der Waals surface area contributed by atoms with Gasteiger partial charge in [-0.05, 0) is 37.6 Å². The van der Waals surface area contributed by atoms with Gasteiger partial charge < -0.3 is 9.42 Å². The van der Waals surface area contributed by atoms with Gasteiger partial charge in [-0.25, -0.2) is 0 Å². The lowest BCUT2D eigenvalue weighted by Gasteiger charge is -2.18. The fourth-order valence-electron chi connectivity index (χ4n) is 3.28. The summed E-state index contributed by atoms with van der Waals surface area (Å²) in [5, 5.41) is 4.12. The van der Waals surface area contributed by atoms with Crippen LogP contribution in [0.25, 0.3) is 11.5 Å². The molecule has 4 rings (SSSR count). The average molecular weight is 333 g/mol. The number of anilines is 1. The molecule has 1 aliphatic rings. The van der Waals surface area contributed by atoms with E-state index < -0.39 is 0 Å². The Morgan fingerprint density at radius 1 is 1.12 bits per heavy atom. The van der Waals surface area contributed by atoms with Crippen molar-refractivity contribution in [1.29, 1.82) is 0 Å². The molecule has 3 aromatic rings. The zero-order valence-electron chi connectivity index (χ0n) is 14.3. The second kappa shape index (κ2) is 6.16. The molecular weight excluding hydrogens is 314 g/mol. The van der Waals surface area contributed by atoms with Crippen LogP contribution in [0.1, 0.15) is 29.3 Å². The molecule has 1 amide bonds. The number of benzene rings is 2. The van der Waals surface area contributed by atoms with Gasteiger partial charge in [-0.15, -0.1) is 0 Å². The Bertz CT molecular complexity index is 932. The minimum Gasteiger partial charge on any atom is -0.334 e. The Labute approximate surface area is 146 Å². The number of carbonyl (C=O) groups is 1. The molecule has 0 N–H and O–H groups in total. The summed E-state index contributed by atoms with van der Waals surface area (Å²) in [6.45, 7) is 4.62. The molecule has 1 aliphatic heterocycles. The lowest BCUT2D eigenvalue weighted by atomic mass is 10.1. The number of rotatable bonds is 3. The molecule has 2 heterocycles. The van der Waals surface area contributed by atoms with Crippen LogP contribution >= 0.6 is 0 Å². The van der Waals surface area contributed by atoms with Crippen molar-refractivity contribution in [2.24, 2.45) is 0 Å². The van der Waals surface area contributed by atoms with Crippen molar-refractivity contribution in [3.8, 4) is 11.5 Å². The molecule has 1 fully saturated rings. The molecule has 0 radical (unpaired) electrons. The van der Waals surface area contributed by atoms with Crippen molar-refractivity contribution < 1.29 is 9.32 Å². The first kappa shape index (κ1) is 15.6. The molecule has 0 spiro atoms. The summed E-state index contributed by atoms with van der Waals surface area (Å²) in [5.74, 6) is 1.15. The second-order valence-electron chi connectivity index (χ2n) is 6.52. The molecule has 126 valence electrons. The number of aromatic nitrogens is 2. The number of aryl methyl sites for hydroxylation is 2. The fraction of sp³-hybridized carbons (Fsp3) is 0.250. The average Bonchev–Trinajstić information content (AvgIpc) is 3.22. The highest BCUT2D eigenvalue weighted by atomic mass is 16.5. The predicted molar refractivity (Wildman–Crippen MR) is 95.4 cm³/mol. The predicted octanol–water partition coefficient (Wildman–Crippen LogP) is 3.87. The first-order valence-electron chi connectivity index (χ1n) is 8.38. The van der Waals surface area contributed by atoms with Gasteiger partial charge in [0.2, 0.25) is 5.91 Å². The van der Waals surface area contributed by atoms with Crippen LogP contribution in [-0.4, -0.2) is 22.6 Å². The maximum atomic E-state index is 12.5. The maximum Gasteiger partial charge on any atom is 0.257 e. The van der Waals surface area contributed by atoms with Crippen LogP contribution in [0.2, 0.25) is 0 Å². The van der Waals surface area contributed by atoms with Gasteiger partial charge in [-0.3, -0.25) is 4.79 Å². The zero-order valence-corrected chi connectivity index (χ0v) is 14.3. The molecule has 0 saturated carbocycles. The van der Waals surface area contributed by atoms with Crippen LogP contribution in [0.15, 0.2) is 53.1 Å². The summed E-state index contributed by atoms with van der Waals surface area (Å²) in [6.07, 6.45) is 0.404. The lowest BCUT2D eigenvalue weighted by molar-refractivity contribution is -0.117. The number of para-hydroxylation sites is 1. The van der Waals surface area contributed by atoms with Crippen LogP contribution in [-0.2, 0) is 4.79 Å². The first-order chi connectivity index (χ1) is 12.1. The molecule has 1 aromatic heterocycles. The van der Waals surface area contributed by atoms with Crippen LogP contribution in [0.4, 0.5) is 5.69 Å². The SMILES string of the molecule is Cc1cccc(-c2nc(C3CC(=O)N(c4ccccc4C)C3)no2)c1. The minimum atomic E-state index is -0.0468. The standard InChI is InChI=1S/C20H19N3O2/c1-13-6-5-8-15(10-13)20-21-19(22-25-20)16-11-18(24)23(12-16)17-9-4-3-7-14(17)2/h3-10,16H,11-12H2,1-2H3. The quantitative estimate of drug-likeness (QED) is 0.730. The van der Waals surface area contributed by atoms with Crippen molar-refractivity contribution in [3.63, 3.8) is 0 Å².